The Morgan fingerprint density at radius 2 is 1.65 bits per heavy atom. The second-order valence-electron chi connectivity index (χ2n) is 6.91. The predicted molar refractivity (Wildman–Crippen MR) is 85.7 cm³/mol. The molecule has 3 heteroatoms. The van der Waals surface area contributed by atoms with Crippen molar-refractivity contribution in [2.24, 2.45) is 17.3 Å². The first-order valence-electron chi connectivity index (χ1n) is 7.28. The van der Waals surface area contributed by atoms with Crippen molar-refractivity contribution < 1.29 is 4.79 Å². The molecular weight excluding hydrogens is 291 g/mol. The van der Waals surface area contributed by atoms with Crippen molar-refractivity contribution in [3.8, 4) is 0 Å². The molecule has 1 aromatic rings. The van der Waals surface area contributed by atoms with Gasteiger partial charge < -0.3 is 0 Å². The minimum atomic E-state index is 0.144. The molecule has 0 N–H and O–H groups in total. The molecule has 110 valence electrons. The molecule has 2 rings (SSSR count). The van der Waals surface area contributed by atoms with Crippen LogP contribution in [0.25, 0.3) is 0 Å². The van der Waals surface area contributed by atoms with Gasteiger partial charge in [-0.1, -0.05) is 44.0 Å². The van der Waals surface area contributed by atoms with E-state index in [0.717, 1.165) is 31.6 Å². The Hall–Kier alpha value is -0.530. The molecule has 1 aromatic carbocycles. The Balaban J connectivity index is 2.03. The Kier molecular flexibility index (Phi) is 4.81. The van der Waals surface area contributed by atoms with Gasteiger partial charge in [-0.05, 0) is 55.2 Å². The average molecular weight is 313 g/mol. The van der Waals surface area contributed by atoms with E-state index in [4.69, 9.17) is 23.2 Å². The second kappa shape index (κ2) is 6.07. The van der Waals surface area contributed by atoms with Crippen LogP contribution in [0.3, 0.4) is 0 Å². The van der Waals surface area contributed by atoms with E-state index in [2.05, 4.69) is 20.8 Å². The molecule has 1 aliphatic rings. The van der Waals surface area contributed by atoms with Crippen molar-refractivity contribution in [3.63, 3.8) is 0 Å². The third-order valence-electron chi connectivity index (χ3n) is 4.53. The summed E-state index contributed by atoms with van der Waals surface area (Å²) in [5.74, 6) is 1.09. The summed E-state index contributed by atoms with van der Waals surface area (Å²) in [6.45, 7) is 6.87. The summed E-state index contributed by atoms with van der Waals surface area (Å²) in [7, 11) is 0. The molecule has 1 nitrogen and oxygen atoms in total. The van der Waals surface area contributed by atoms with E-state index in [1.54, 1.807) is 18.2 Å². The molecule has 0 amide bonds. The lowest BCUT2D eigenvalue weighted by molar-refractivity contribution is 0.0819. The highest BCUT2D eigenvalue weighted by Gasteiger charge is 2.32. The fourth-order valence-corrected chi connectivity index (χ4v) is 3.40. The Labute approximate surface area is 131 Å². The van der Waals surface area contributed by atoms with Crippen molar-refractivity contribution in [3.05, 3.63) is 33.8 Å². The van der Waals surface area contributed by atoms with E-state index in [9.17, 15) is 4.79 Å². The highest BCUT2D eigenvalue weighted by molar-refractivity contribution is 6.42. The number of hydrogen-bond acceptors (Lipinski definition) is 1. The quantitative estimate of drug-likeness (QED) is 0.609. The molecule has 0 aromatic heterocycles. The summed E-state index contributed by atoms with van der Waals surface area (Å²) in [4.78, 5) is 12.5. The molecule has 1 fully saturated rings. The van der Waals surface area contributed by atoms with Crippen LogP contribution in [0.5, 0.6) is 0 Å². The summed E-state index contributed by atoms with van der Waals surface area (Å²) in [5.41, 5.74) is 1.04. The second-order valence-corrected chi connectivity index (χ2v) is 7.72. The van der Waals surface area contributed by atoms with E-state index in [-0.39, 0.29) is 11.7 Å². The number of carbonyl (C=O) groups excluding carboxylic acids is 1. The van der Waals surface area contributed by atoms with E-state index in [1.165, 1.54) is 0 Å². The van der Waals surface area contributed by atoms with Gasteiger partial charge in [0, 0.05) is 11.5 Å². The molecule has 1 saturated carbocycles. The maximum absolute atomic E-state index is 12.5. The van der Waals surface area contributed by atoms with Crippen LogP contribution in [0, 0.1) is 17.3 Å². The topological polar surface area (TPSA) is 17.1 Å². The first-order valence-corrected chi connectivity index (χ1v) is 8.04. The highest BCUT2D eigenvalue weighted by Crippen LogP contribution is 2.40. The molecule has 1 aliphatic carbocycles. The molecular formula is C17H22Cl2O. The molecule has 0 bridgehead atoms. The normalized spacial score (nSPS) is 23.6. The van der Waals surface area contributed by atoms with Crippen LogP contribution < -0.4 is 0 Å². The number of hydrogen-bond donors (Lipinski definition) is 0. The van der Waals surface area contributed by atoms with E-state index in [0.29, 0.717) is 21.0 Å². The molecule has 0 heterocycles. The van der Waals surface area contributed by atoms with E-state index >= 15 is 0 Å². The van der Waals surface area contributed by atoms with Crippen molar-refractivity contribution in [2.75, 3.05) is 0 Å². The lowest BCUT2D eigenvalue weighted by Gasteiger charge is -2.36. The van der Waals surface area contributed by atoms with Gasteiger partial charge >= 0.3 is 0 Å². The van der Waals surface area contributed by atoms with Gasteiger partial charge in [0.25, 0.3) is 0 Å². The Morgan fingerprint density at radius 1 is 1.05 bits per heavy atom. The predicted octanol–water partition coefficient (Wildman–Crippen LogP) is 6.03. The first-order chi connectivity index (χ1) is 9.29. The number of carbonyl (C=O) groups is 1. The molecule has 0 radical (unpaired) electrons. The maximum atomic E-state index is 12.5. The third-order valence-corrected chi connectivity index (χ3v) is 5.27. The number of rotatable bonds is 2. The van der Waals surface area contributed by atoms with Gasteiger partial charge in [-0.2, -0.15) is 0 Å². The summed E-state index contributed by atoms with van der Waals surface area (Å²) in [6, 6.07) is 5.19. The van der Waals surface area contributed by atoms with Crippen LogP contribution in [-0.4, -0.2) is 5.78 Å². The van der Waals surface area contributed by atoms with Gasteiger partial charge in [-0.15, -0.1) is 0 Å². The first kappa shape index (κ1) is 15.9. The zero-order chi connectivity index (χ0) is 14.9. The lowest BCUT2D eigenvalue weighted by Crippen LogP contribution is -2.28. The van der Waals surface area contributed by atoms with Crippen molar-refractivity contribution >= 4 is 29.0 Å². The van der Waals surface area contributed by atoms with E-state index < -0.39 is 0 Å². The number of halogens is 2. The van der Waals surface area contributed by atoms with Crippen LogP contribution in [0.2, 0.25) is 10.0 Å². The molecule has 0 aliphatic heterocycles. The number of Topliss-reactive ketones (excluding diaryl/α,β-unsaturated/α-hetero) is 1. The zero-order valence-corrected chi connectivity index (χ0v) is 13.9. The summed E-state index contributed by atoms with van der Waals surface area (Å²) >= 11 is 11.9. The van der Waals surface area contributed by atoms with Crippen molar-refractivity contribution in [2.45, 2.75) is 46.5 Å². The van der Waals surface area contributed by atoms with Crippen LogP contribution in [0.1, 0.15) is 56.8 Å². The fraction of sp³-hybridized carbons (Fsp3) is 0.588. The number of ketones is 1. The molecule has 0 atom stereocenters. The molecule has 0 saturated heterocycles. The minimum Gasteiger partial charge on any atom is -0.294 e. The van der Waals surface area contributed by atoms with Gasteiger partial charge in [0.2, 0.25) is 0 Å². The fourth-order valence-electron chi connectivity index (χ4n) is 3.11. The Bertz CT molecular complexity index is 494. The van der Waals surface area contributed by atoms with Gasteiger partial charge in [0.1, 0.15) is 0 Å². The monoisotopic (exact) mass is 312 g/mol. The maximum Gasteiger partial charge on any atom is 0.165 e. The van der Waals surface area contributed by atoms with Crippen LogP contribution in [-0.2, 0) is 0 Å². The zero-order valence-electron chi connectivity index (χ0n) is 12.4. The average Bonchev–Trinajstić information content (AvgIpc) is 2.40. The SMILES string of the molecule is CC(C)(C)C1CCC(C(=O)c2ccc(Cl)c(Cl)c2)CC1. The molecule has 20 heavy (non-hydrogen) atoms. The largest absolute Gasteiger partial charge is 0.294 e. The smallest absolute Gasteiger partial charge is 0.165 e. The van der Waals surface area contributed by atoms with Crippen molar-refractivity contribution in [1.82, 2.24) is 0 Å². The Morgan fingerprint density at radius 3 is 2.15 bits per heavy atom. The summed E-state index contributed by atoms with van der Waals surface area (Å²) < 4.78 is 0. The number of benzene rings is 1. The third kappa shape index (κ3) is 3.56. The highest BCUT2D eigenvalue weighted by atomic mass is 35.5. The molecule has 0 unspecified atom stereocenters. The summed E-state index contributed by atoms with van der Waals surface area (Å²) in [5, 5.41) is 0.959. The molecule has 0 spiro atoms. The van der Waals surface area contributed by atoms with Crippen LogP contribution >= 0.6 is 23.2 Å². The van der Waals surface area contributed by atoms with Crippen LogP contribution in [0.15, 0.2) is 18.2 Å². The van der Waals surface area contributed by atoms with Gasteiger partial charge in [0.15, 0.2) is 5.78 Å². The van der Waals surface area contributed by atoms with Crippen molar-refractivity contribution in [1.29, 1.82) is 0 Å². The minimum absolute atomic E-state index is 0.144. The lowest BCUT2D eigenvalue weighted by atomic mass is 9.69. The standard InChI is InChI=1S/C17H22Cl2O/c1-17(2,3)13-7-4-11(5-8-13)16(20)12-6-9-14(18)15(19)10-12/h6,9-11,13H,4-5,7-8H2,1-3H3. The van der Waals surface area contributed by atoms with Gasteiger partial charge in [0.05, 0.1) is 10.0 Å². The van der Waals surface area contributed by atoms with E-state index in [1.807, 2.05) is 0 Å². The van der Waals surface area contributed by atoms with Gasteiger partial charge in [-0.3, -0.25) is 4.79 Å². The van der Waals surface area contributed by atoms with Gasteiger partial charge in [-0.25, -0.2) is 0 Å². The van der Waals surface area contributed by atoms with Crippen LogP contribution in [0.4, 0.5) is 0 Å². The summed E-state index contributed by atoms with van der Waals surface area (Å²) in [6.07, 6.45) is 4.25.